The van der Waals surface area contributed by atoms with E-state index < -0.39 is 17.0 Å². The van der Waals surface area contributed by atoms with Gasteiger partial charge in [-0.3, -0.25) is 4.79 Å². The fraction of sp³-hybridized carbons (Fsp3) is 0.0385. The number of halogens is 1. The van der Waals surface area contributed by atoms with Gasteiger partial charge >= 0.3 is 11.6 Å². The van der Waals surface area contributed by atoms with Gasteiger partial charge in [-0.15, -0.1) is 0 Å². The van der Waals surface area contributed by atoms with Gasteiger partial charge in [-0.2, -0.15) is 0 Å². The summed E-state index contributed by atoms with van der Waals surface area (Å²) in [6.45, 7) is 1.81. The van der Waals surface area contributed by atoms with E-state index in [4.69, 9.17) is 18.3 Å². The Balaban J connectivity index is 1.42. The van der Waals surface area contributed by atoms with Crippen LogP contribution in [0, 0.1) is 6.92 Å². The highest BCUT2D eigenvalue weighted by Gasteiger charge is 2.14. The minimum Gasteiger partial charge on any atom is -0.460 e. The summed E-state index contributed by atoms with van der Waals surface area (Å²) in [6, 6.07) is 17.6. The number of carbonyl (C=O) groups is 1. The summed E-state index contributed by atoms with van der Waals surface area (Å²) in [7, 11) is 0. The zero-order valence-corrected chi connectivity index (χ0v) is 19.2. The highest BCUT2D eigenvalue weighted by molar-refractivity contribution is 9.10. The van der Waals surface area contributed by atoms with Crippen molar-refractivity contribution in [3.63, 3.8) is 0 Å². The number of benzene rings is 3. The van der Waals surface area contributed by atoms with E-state index in [0.717, 1.165) is 15.4 Å². The summed E-state index contributed by atoms with van der Waals surface area (Å²) in [4.78, 5) is 36.9. The van der Waals surface area contributed by atoms with Crippen LogP contribution in [0.2, 0.25) is 0 Å². The Labute approximate surface area is 200 Å². The monoisotopic (exact) mass is 518 g/mol. The van der Waals surface area contributed by atoms with E-state index in [1.165, 1.54) is 36.6 Å². The standard InChI is InChI=1S/C26H15BrO7/c1-14-10-24(28)34-22-12-17(6-8-19(14)22)32-23-13-31-21-11-18(7-9-20(21)25(23)29)33-26(30)15-2-4-16(27)5-3-15/h2-13H,1H3. The van der Waals surface area contributed by atoms with Gasteiger partial charge < -0.3 is 18.3 Å². The fourth-order valence-corrected chi connectivity index (χ4v) is 3.74. The van der Waals surface area contributed by atoms with E-state index in [9.17, 15) is 14.4 Å². The van der Waals surface area contributed by atoms with Crippen LogP contribution in [0.5, 0.6) is 17.2 Å². The number of esters is 1. The van der Waals surface area contributed by atoms with Crippen molar-refractivity contribution in [1.29, 1.82) is 0 Å². The quantitative estimate of drug-likeness (QED) is 0.164. The molecule has 0 fully saturated rings. The summed E-state index contributed by atoms with van der Waals surface area (Å²) in [6.07, 6.45) is 1.18. The van der Waals surface area contributed by atoms with Gasteiger partial charge in [-0.1, -0.05) is 15.9 Å². The van der Waals surface area contributed by atoms with Crippen LogP contribution < -0.4 is 20.5 Å². The average molecular weight is 519 g/mol. The van der Waals surface area contributed by atoms with Crippen molar-refractivity contribution < 1.29 is 23.1 Å². The molecular formula is C26H15BrO7. The van der Waals surface area contributed by atoms with Gasteiger partial charge in [0.15, 0.2) is 0 Å². The number of hydrogen-bond acceptors (Lipinski definition) is 7. The van der Waals surface area contributed by atoms with Crippen LogP contribution in [-0.4, -0.2) is 5.97 Å². The second-order valence-corrected chi connectivity index (χ2v) is 8.41. The first kappa shape index (κ1) is 21.7. The average Bonchev–Trinajstić information content (AvgIpc) is 2.81. The molecule has 0 aliphatic carbocycles. The molecule has 3 aromatic carbocycles. The normalized spacial score (nSPS) is 11.0. The number of fused-ring (bicyclic) bond motifs is 2. The number of hydrogen-bond donors (Lipinski definition) is 0. The lowest BCUT2D eigenvalue weighted by atomic mass is 10.1. The minimum atomic E-state index is -0.535. The number of ether oxygens (including phenoxy) is 2. The first-order valence-corrected chi connectivity index (χ1v) is 10.9. The van der Waals surface area contributed by atoms with Crippen LogP contribution in [0.1, 0.15) is 15.9 Å². The van der Waals surface area contributed by atoms with Crippen LogP contribution in [0.25, 0.3) is 21.9 Å². The fourth-order valence-electron chi connectivity index (χ4n) is 3.47. The molecule has 5 aromatic rings. The van der Waals surface area contributed by atoms with Crippen LogP contribution >= 0.6 is 15.9 Å². The van der Waals surface area contributed by atoms with Crippen LogP contribution in [0.4, 0.5) is 0 Å². The van der Waals surface area contributed by atoms with Gasteiger partial charge in [0, 0.05) is 28.1 Å². The maximum atomic E-state index is 12.9. The van der Waals surface area contributed by atoms with E-state index >= 15 is 0 Å². The molecule has 0 spiro atoms. The van der Waals surface area contributed by atoms with E-state index in [1.54, 1.807) is 36.4 Å². The Hall–Kier alpha value is -4.17. The van der Waals surface area contributed by atoms with Gasteiger partial charge in [-0.05, 0) is 61.0 Å². The molecule has 0 aliphatic rings. The lowest BCUT2D eigenvalue weighted by molar-refractivity contribution is 0.0735. The van der Waals surface area contributed by atoms with E-state index in [0.29, 0.717) is 16.9 Å². The van der Waals surface area contributed by atoms with Crippen LogP contribution in [0.15, 0.2) is 95.9 Å². The molecule has 168 valence electrons. The van der Waals surface area contributed by atoms with Crippen LogP contribution in [0.3, 0.4) is 0 Å². The zero-order chi connectivity index (χ0) is 23.8. The Bertz CT molecular complexity index is 1680. The Morgan fingerprint density at radius 3 is 2.35 bits per heavy atom. The van der Waals surface area contributed by atoms with Gasteiger partial charge in [0.25, 0.3) is 0 Å². The number of rotatable bonds is 4. The molecule has 0 unspecified atom stereocenters. The molecule has 0 saturated carbocycles. The molecule has 0 amide bonds. The van der Waals surface area contributed by atoms with E-state index in [1.807, 2.05) is 6.92 Å². The molecule has 2 heterocycles. The van der Waals surface area contributed by atoms with E-state index in [-0.39, 0.29) is 22.5 Å². The van der Waals surface area contributed by atoms with Crippen molar-refractivity contribution in [3.05, 3.63) is 109 Å². The topological polar surface area (TPSA) is 95.9 Å². The number of aryl methyl sites for hydroxylation is 1. The van der Waals surface area contributed by atoms with Gasteiger partial charge in [0.2, 0.25) is 11.2 Å². The van der Waals surface area contributed by atoms with Gasteiger partial charge in [0.1, 0.15) is 28.9 Å². The molecule has 8 heteroatoms. The Morgan fingerprint density at radius 1 is 0.853 bits per heavy atom. The first-order valence-electron chi connectivity index (χ1n) is 10.1. The second-order valence-electron chi connectivity index (χ2n) is 7.49. The third-order valence-corrected chi connectivity index (χ3v) is 5.68. The van der Waals surface area contributed by atoms with Gasteiger partial charge in [-0.25, -0.2) is 9.59 Å². The highest BCUT2D eigenvalue weighted by Crippen LogP contribution is 2.27. The molecule has 2 aromatic heterocycles. The van der Waals surface area contributed by atoms with Crippen molar-refractivity contribution in [3.8, 4) is 17.2 Å². The molecule has 7 nitrogen and oxygen atoms in total. The first-order chi connectivity index (χ1) is 16.4. The Morgan fingerprint density at radius 2 is 1.56 bits per heavy atom. The van der Waals surface area contributed by atoms with Crippen molar-refractivity contribution >= 4 is 43.8 Å². The second kappa shape index (κ2) is 8.64. The number of carbonyl (C=O) groups excluding carboxylic acids is 1. The van der Waals surface area contributed by atoms with Crippen LogP contribution in [-0.2, 0) is 0 Å². The van der Waals surface area contributed by atoms with Crippen molar-refractivity contribution in [2.75, 3.05) is 0 Å². The predicted octanol–water partition coefficient (Wildman–Crippen LogP) is 5.98. The van der Waals surface area contributed by atoms with Gasteiger partial charge in [0.05, 0.1) is 10.9 Å². The molecule has 34 heavy (non-hydrogen) atoms. The molecule has 0 saturated heterocycles. The maximum absolute atomic E-state index is 12.9. The minimum absolute atomic E-state index is 0.0403. The van der Waals surface area contributed by atoms with Crippen molar-refractivity contribution in [2.45, 2.75) is 6.92 Å². The smallest absolute Gasteiger partial charge is 0.343 e. The summed E-state index contributed by atoms with van der Waals surface area (Å²) in [5.41, 5.74) is 0.875. The van der Waals surface area contributed by atoms with Crippen molar-refractivity contribution in [1.82, 2.24) is 0 Å². The Kier molecular flexibility index (Phi) is 5.51. The summed E-state index contributed by atoms with van der Waals surface area (Å²) in [5.74, 6) is -0.0288. The van der Waals surface area contributed by atoms with Crippen molar-refractivity contribution in [2.24, 2.45) is 0 Å². The third kappa shape index (κ3) is 4.23. The lowest BCUT2D eigenvalue weighted by Gasteiger charge is -2.08. The highest BCUT2D eigenvalue weighted by atomic mass is 79.9. The summed E-state index contributed by atoms with van der Waals surface area (Å²) >= 11 is 3.32. The largest absolute Gasteiger partial charge is 0.460 e. The van der Waals surface area contributed by atoms with E-state index in [2.05, 4.69) is 15.9 Å². The molecule has 0 bridgehead atoms. The zero-order valence-electron chi connectivity index (χ0n) is 17.7. The molecule has 5 rings (SSSR count). The summed E-state index contributed by atoms with van der Waals surface area (Å²) in [5, 5.41) is 1.02. The lowest BCUT2D eigenvalue weighted by Crippen LogP contribution is -2.09. The molecule has 0 radical (unpaired) electrons. The summed E-state index contributed by atoms with van der Waals surface area (Å²) < 4.78 is 22.7. The maximum Gasteiger partial charge on any atom is 0.343 e. The SMILES string of the molecule is Cc1cc(=O)oc2cc(Oc3coc4cc(OC(=O)c5ccc(Br)cc5)ccc4c3=O)ccc12. The molecule has 0 atom stereocenters. The predicted molar refractivity (Wildman–Crippen MR) is 129 cm³/mol. The molecular weight excluding hydrogens is 504 g/mol. The molecule has 0 N–H and O–H groups in total. The molecule has 0 aliphatic heterocycles. The third-order valence-electron chi connectivity index (χ3n) is 5.16.